The van der Waals surface area contributed by atoms with Crippen LogP contribution in [0.25, 0.3) is 5.82 Å². The highest BCUT2D eigenvalue weighted by Gasteiger charge is 2.13. The Morgan fingerprint density at radius 2 is 1.90 bits per heavy atom. The number of nitrogens with one attached hydrogen (secondary N) is 3. The van der Waals surface area contributed by atoms with Crippen LogP contribution in [0.2, 0.25) is 0 Å². The Morgan fingerprint density at radius 1 is 1.03 bits per heavy atom. The van der Waals surface area contributed by atoms with Crippen LogP contribution >= 0.6 is 0 Å². The maximum Gasteiger partial charge on any atom is 0.274 e. The molecule has 0 aliphatic rings. The Kier molecular flexibility index (Phi) is 5.57. The highest BCUT2D eigenvalue weighted by atomic mass is 16.1. The largest absolute Gasteiger partial charge is 0.373 e. The van der Waals surface area contributed by atoms with Gasteiger partial charge in [0, 0.05) is 24.9 Å². The summed E-state index contributed by atoms with van der Waals surface area (Å²) in [6, 6.07) is 14.8. The van der Waals surface area contributed by atoms with Crippen LogP contribution in [0.1, 0.15) is 21.6 Å². The van der Waals surface area contributed by atoms with Gasteiger partial charge in [0.1, 0.15) is 29.5 Å². The first-order valence-electron chi connectivity index (χ1n) is 9.70. The van der Waals surface area contributed by atoms with Gasteiger partial charge in [-0.1, -0.05) is 18.2 Å². The van der Waals surface area contributed by atoms with Crippen molar-refractivity contribution in [1.82, 2.24) is 24.7 Å². The predicted molar refractivity (Wildman–Crippen MR) is 120 cm³/mol. The van der Waals surface area contributed by atoms with E-state index >= 15 is 0 Å². The number of pyridine rings is 1. The van der Waals surface area contributed by atoms with Crippen LogP contribution in [-0.2, 0) is 0 Å². The summed E-state index contributed by atoms with van der Waals surface area (Å²) in [4.78, 5) is 25.6. The molecule has 0 aliphatic carbocycles. The number of carbonyl (C=O) groups is 1. The Balaban J connectivity index is 1.59. The smallest absolute Gasteiger partial charge is 0.274 e. The second-order valence-electron chi connectivity index (χ2n) is 6.95. The van der Waals surface area contributed by atoms with Gasteiger partial charge in [-0.2, -0.15) is 9.78 Å². The topological polar surface area (TPSA) is 110 Å². The van der Waals surface area contributed by atoms with Gasteiger partial charge in [-0.15, -0.1) is 0 Å². The summed E-state index contributed by atoms with van der Waals surface area (Å²) in [5.74, 6) is 2.21. The number of hydrogen-bond acceptors (Lipinski definition) is 7. The molecule has 0 saturated carbocycles. The fourth-order valence-electron chi connectivity index (χ4n) is 3.00. The van der Waals surface area contributed by atoms with Gasteiger partial charge in [-0.25, -0.2) is 15.0 Å². The van der Waals surface area contributed by atoms with Crippen molar-refractivity contribution in [2.24, 2.45) is 0 Å². The van der Waals surface area contributed by atoms with Crippen molar-refractivity contribution in [3.05, 3.63) is 77.9 Å². The maximum atomic E-state index is 12.7. The van der Waals surface area contributed by atoms with Gasteiger partial charge in [-0.05, 0) is 43.2 Å². The molecule has 0 fully saturated rings. The van der Waals surface area contributed by atoms with Gasteiger partial charge >= 0.3 is 0 Å². The summed E-state index contributed by atoms with van der Waals surface area (Å²) in [6.07, 6.45) is 3.12. The predicted octanol–water partition coefficient (Wildman–Crippen LogP) is 3.71. The Morgan fingerprint density at radius 3 is 2.71 bits per heavy atom. The van der Waals surface area contributed by atoms with Crippen LogP contribution in [-0.4, -0.2) is 37.7 Å². The molecule has 3 aromatic heterocycles. The standard InChI is InChI=1S/C22H22N8O/c1-14-5-4-6-16(11-14)27-22(31)17-8-7-15(2)21(28-17)29-19-9-10-26-30(19)20-12-18(23-3)24-13-25-20/h4-13H,1-3H3,(H,27,31)(H,28,29)(H,23,24,25). The summed E-state index contributed by atoms with van der Waals surface area (Å²) in [5.41, 5.74) is 2.99. The molecule has 1 amide bonds. The molecule has 4 rings (SSSR count). The van der Waals surface area contributed by atoms with E-state index in [1.54, 1.807) is 30.1 Å². The van der Waals surface area contributed by atoms with Gasteiger partial charge in [0.2, 0.25) is 0 Å². The molecule has 156 valence electrons. The molecule has 0 saturated heterocycles. The summed E-state index contributed by atoms with van der Waals surface area (Å²) in [6.45, 7) is 3.89. The first kappa shape index (κ1) is 20.0. The maximum absolute atomic E-state index is 12.7. The number of benzene rings is 1. The van der Waals surface area contributed by atoms with E-state index in [4.69, 9.17) is 0 Å². The lowest BCUT2D eigenvalue weighted by Crippen LogP contribution is -2.15. The molecule has 3 N–H and O–H groups in total. The third-order valence-electron chi connectivity index (χ3n) is 4.62. The zero-order chi connectivity index (χ0) is 21.8. The van der Waals surface area contributed by atoms with Gasteiger partial charge < -0.3 is 16.0 Å². The zero-order valence-electron chi connectivity index (χ0n) is 17.4. The van der Waals surface area contributed by atoms with Crippen molar-refractivity contribution in [3.63, 3.8) is 0 Å². The lowest BCUT2D eigenvalue weighted by Gasteiger charge is -2.12. The van der Waals surface area contributed by atoms with E-state index in [1.807, 2.05) is 50.2 Å². The summed E-state index contributed by atoms with van der Waals surface area (Å²) in [7, 11) is 1.79. The van der Waals surface area contributed by atoms with Crippen molar-refractivity contribution >= 4 is 29.0 Å². The molecule has 0 unspecified atom stereocenters. The number of hydrogen-bond donors (Lipinski definition) is 3. The summed E-state index contributed by atoms with van der Waals surface area (Å²) >= 11 is 0. The highest BCUT2D eigenvalue weighted by molar-refractivity contribution is 6.03. The van der Waals surface area contributed by atoms with Gasteiger partial charge in [0.05, 0.1) is 6.20 Å². The summed E-state index contributed by atoms with van der Waals surface area (Å²) < 4.78 is 1.64. The molecule has 9 heteroatoms. The number of anilines is 4. The Hall–Kier alpha value is -4.27. The number of nitrogens with zero attached hydrogens (tertiary/aromatic N) is 5. The van der Waals surface area contributed by atoms with Crippen molar-refractivity contribution in [1.29, 1.82) is 0 Å². The first-order chi connectivity index (χ1) is 15.0. The molecule has 0 bridgehead atoms. The molecule has 0 spiro atoms. The SMILES string of the molecule is CNc1cc(-n2nccc2Nc2nc(C(=O)Nc3cccc(C)c3)ccc2C)ncn1. The average molecular weight is 414 g/mol. The van der Waals surface area contributed by atoms with Gasteiger partial charge in [-0.3, -0.25) is 4.79 Å². The van der Waals surface area contributed by atoms with Crippen molar-refractivity contribution in [3.8, 4) is 5.82 Å². The average Bonchev–Trinajstić information content (AvgIpc) is 3.23. The third-order valence-corrected chi connectivity index (χ3v) is 4.62. The van der Waals surface area contributed by atoms with Crippen LogP contribution in [0, 0.1) is 13.8 Å². The molecule has 1 aromatic carbocycles. The van der Waals surface area contributed by atoms with Crippen LogP contribution in [0.15, 0.2) is 61.1 Å². The summed E-state index contributed by atoms with van der Waals surface area (Å²) in [5, 5.41) is 13.5. The van der Waals surface area contributed by atoms with E-state index in [-0.39, 0.29) is 5.91 Å². The van der Waals surface area contributed by atoms with E-state index in [0.29, 0.717) is 29.0 Å². The second-order valence-corrected chi connectivity index (χ2v) is 6.95. The fraction of sp³-hybridized carbons (Fsp3) is 0.136. The molecule has 0 aliphatic heterocycles. The minimum atomic E-state index is -0.281. The van der Waals surface area contributed by atoms with Crippen LogP contribution < -0.4 is 16.0 Å². The van der Waals surface area contributed by atoms with Crippen LogP contribution in [0.4, 0.5) is 23.1 Å². The molecular formula is C22H22N8O. The molecule has 3 heterocycles. The molecule has 9 nitrogen and oxygen atoms in total. The van der Waals surface area contributed by atoms with Crippen LogP contribution in [0.5, 0.6) is 0 Å². The highest BCUT2D eigenvalue weighted by Crippen LogP contribution is 2.22. The second kappa shape index (κ2) is 8.62. The van der Waals surface area contributed by atoms with E-state index in [0.717, 1.165) is 16.8 Å². The lowest BCUT2D eigenvalue weighted by atomic mass is 10.2. The Labute approximate surface area is 179 Å². The minimum absolute atomic E-state index is 0.281. The molecular weight excluding hydrogens is 392 g/mol. The number of aromatic nitrogens is 5. The molecule has 0 atom stereocenters. The lowest BCUT2D eigenvalue weighted by molar-refractivity contribution is 0.102. The normalized spacial score (nSPS) is 10.5. The number of rotatable bonds is 6. The monoisotopic (exact) mass is 414 g/mol. The van der Waals surface area contributed by atoms with Crippen molar-refractivity contribution in [2.75, 3.05) is 23.0 Å². The molecule has 31 heavy (non-hydrogen) atoms. The Bertz CT molecular complexity index is 1230. The molecule has 0 radical (unpaired) electrons. The van der Waals surface area contributed by atoms with E-state index in [9.17, 15) is 4.79 Å². The first-order valence-corrected chi connectivity index (χ1v) is 9.70. The van der Waals surface area contributed by atoms with E-state index in [1.165, 1.54) is 6.33 Å². The van der Waals surface area contributed by atoms with E-state index in [2.05, 4.69) is 36.0 Å². The minimum Gasteiger partial charge on any atom is -0.373 e. The number of aryl methyl sites for hydroxylation is 2. The van der Waals surface area contributed by atoms with Crippen LogP contribution in [0.3, 0.4) is 0 Å². The number of amides is 1. The number of carbonyl (C=O) groups excluding carboxylic acids is 1. The van der Waals surface area contributed by atoms with E-state index < -0.39 is 0 Å². The van der Waals surface area contributed by atoms with Crippen molar-refractivity contribution in [2.45, 2.75) is 13.8 Å². The van der Waals surface area contributed by atoms with Gasteiger partial charge in [0.25, 0.3) is 5.91 Å². The fourth-order valence-corrected chi connectivity index (χ4v) is 3.00. The quantitative estimate of drug-likeness (QED) is 0.441. The third kappa shape index (κ3) is 4.50. The zero-order valence-corrected chi connectivity index (χ0v) is 17.4. The molecule has 4 aromatic rings. The van der Waals surface area contributed by atoms with Crippen molar-refractivity contribution < 1.29 is 4.79 Å². The van der Waals surface area contributed by atoms with Gasteiger partial charge in [0.15, 0.2) is 5.82 Å².